The number of carbonyl (C=O) groups excluding carboxylic acids is 1. The highest BCUT2D eigenvalue weighted by Crippen LogP contribution is 2.32. The van der Waals surface area contributed by atoms with E-state index in [1.165, 1.54) is 11.8 Å². The number of ether oxygens (including phenoxy) is 2. The fourth-order valence-electron chi connectivity index (χ4n) is 2.34. The molecule has 2 aliphatic rings. The normalized spacial score (nSPS) is 17.8. The van der Waals surface area contributed by atoms with E-state index in [2.05, 4.69) is 16.0 Å². The van der Waals surface area contributed by atoms with Crippen LogP contribution in [0.25, 0.3) is 6.08 Å². The maximum Gasteiger partial charge on any atom is 0.283 e. The van der Waals surface area contributed by atoms with Gasteiger partial charge in [-0.25, -0.2) is 4.90 Å². The van der Waals surface area contributed by atoms with Crippen LogP contribution in [-0.2, 0) is 4.79 Å². The molecule has 0 spiro atoms. The summed E-state index contributed by atoms with van der Waals surface area (Å²) in [4.78, 5) is 18.0. The van der Waals surface area contributed by atoms with Gasteiger partial charge in [-0.1, -0.05) is 30.5 Å². The van der Waals surface area contributed by atoms with Gasteiger partial charge in [0.15, 0.2) is 16.7 Å². The minimum Gasteiger partial charge on any atom is -0.493 e. The standard InChI is InChI=1S/C17H16N4O3S2/c1-4-7-24-12-6-5-10(9-13(12)23-2)8-11-14(18)21-16(19-15(11)22)26-20-17(21)25-3/h4-6,8-9,18H,1,7H2,2-3H3. The molecule has 0 aliphatic carbocycles. The van der Waals surface area contributed by atoms with Gasteiger partial charge in [0.2, 0.25) is 5.17 Å². The van der Waals surface area contributed by atoms with Crippen molar-refractivity contribution in [2.24, 2.45) is 9.39 Å². The van der Waals surface area contributed by atoms with E-state index in [9.17, 15) is 4.79 Å². The number of rotatable bonds is 5. The Labute approximate surface area is 159 Å². The van der Waals surface area contributed by atoms with Crippen LogP contribution in [0, 0.1) is 5.41 Å². The number of nitrogens with one attached hydrogen (secondary N) is 1. The Morgan fingerprint density at radius 1 is 1.42 bits per heavy atom. The maximum atomic E-state index is 12.3. The minimum absolute atomic E-state index is 0.0593. The summed E-state index contributed by atoms with van der Waals surface area (Å²) in [5, 5.41) is 9.44. The molecular weight excluding hydrogens is 372 g/mol. The number of nitrogens with zero attached hydrogens (tertiary/aromatic N) is 3. The number of fused-ring (bicyclic) bond motifs is 1. The third-order valence-corrected chi connectivity index (χ3v) is 4.99. The van der Waals surface area contributed by atoms with E-state index in [0.29, 0.717) is 34.0 Å². The van der Waals surface area contributed by atoms with Crippen molar-refractivity contribution >= 4 is 51.9 Å². The number of aliphatic imine (C=N–C) groups is 1. The van der Waals surface area contributed by atoms with Crippen molar-refractivity contribution in [1.82, 2.24) is 4.90 Å². The van der Waals surface area contributed by atoms with E-state index >= 15 is 0 Å². The fourth-order valence-corrected chi connectivity index (χ4v) is 3.79. The summed E-state index contributed by atoms with van der Waals surface area (Å²) in [6.07, 6.45) is 5.12. The van der Waals surface area contributed by atoms with Crippen molar-refractivity contribution in [1.29, 1.82) is 5.41 Å². The van der Waals surface area contributed by atoms with E-state index in [1.54, 1.807) is 42.4 Å². The third kappa shape index (κ3) is 3.40. The zero-order valence-electron chi connectivity index (χ0n) is 14.2. The molecule has 1 amide bonds. The fraction of sp³-hybridized carbons (Fsp3) is 0.176. The Morgan fingerprint density at radius 2 is 2.23 bits per heavy atom. The first kappa shape index (κ1) is 18.3. The molecule has 0 bridgehead atoms. The van der Waals surface area contributed by atoms with Crippen molar-refractivity contribution in [2.45, 2.75) is 0 Å². The van der Waals surface area contributed by atoms with Crippen LogP contribution in [0.3, 0.4) is 0 Å². The molecule has 0 aromatic heterocycles. The van der Waals surface area contributed by atoms with Gasteiger partial charge in [-0.3, -0.25) is 10.2 Å². The molecule has 0 unspecified atom stereocenters. The molecule has 1 aromatic rings. The summed E-state index contributed by atoms with van der Waals surface area (Å²) in [7, 11) is 1.54. The van der Waals surface area contributed by atoms with Gasteiger partial charge in [0.25, 0.3) is 5.91 Å². The molecule has 26 heavy (non-hydrogen) atoms. The lowest BCUT2D eigenvalue weighted by atomic mass is 10.1. The van der Waals surface area contributed by atoms with Crippen LogP contribution in [0.1, 0.15) is 5.56 Å². The lowest BCUT2D eigenvalue weighted by molar-refractivity contribution is -0.114. The molecule has 2 aliphatic heterocycles. The number of hydrogen-bond acceptors (Lipinski definition) is 7. The molecular formula is C17H16N4O3S2. The van der Waals surface area contributed by atoms with Gasteiger partial charge in [0, 0.05) is 0 Å². The Hall–Kier alpha value is -2.52. The number of carbonyl (C=O) groups is 1. The Balaban J connectivity index is 1.94. The monoisotopic (exact) mass is 388 g/mol. The second-order valence-electron chi connectivity index (χ2n) is 5.12. The van der Waals surface area contributed by atoms with E-state index < -0.39 is 5.91 Å². The highest BCUT2D eigenvalue weighted by Gasteiger charge is 2.36. The zero-order valence-corrected chi connectivity index (χ0v) is 15.8. The molecule has 0 fully saturated rings. The first-order chi connectivity index (χ1) is 12.6. The topological polar surface area (TPSA) is 87.3 Å². The summed E-state index contributed by atoms with van der Waals surface area (Å²) >= 11 is 2.50. The van der Waals surface area contributed by atoms with Crippen molar-refractivity contribution in [3.63, 3.8) is 0 Å². The van der Waals surface area contributed by atoms with Gasteiger partial charge >= 0.3 is 0 Å². The predicted molar refractivity (Wildman–Crippen MR) is 107 cm³/mol. The second kappa shape index (κ2) is 7.79. The smallest absolute Gasteiger partial charge is 0.283 e. The summed E-state index contributed by atoms with van der Waals surface area (Å²) in [5.41, 5.74) is 0.897. The minimum atomic E-state index is -0.461. The highest BCUT2D eigenvalue weighted by molar-refractivity contribution is 8.18. The van der Waals surface area contributed by atoms with Gasteiger partial charge in [-0.05, 0) is 30.0 Å². The van der Waals surface area contributed by atoms with E-state index in [-0.39, 0.29) is 11.4 Å². The Bertz CT molecular complexity index is 877. The molecule has 134 valence electrons. The van der Waals surface area contributed by atoms with Crippen LogP contribution in [0.4, 0.5) is 0 Å². The number of hydrogen-bond donors (Lipinski definition) is 1. The molecule has 0 atom stereocenters. The second-order valence-corrected chi connectivity index (χ2v) is 6.62. The van der Waals surface area contributed by atoms with Crippen LogP contribution < -0.4 is 9.47 Å². The van der Waals surface area contributed by atoms with Crippen molar-refractivity contribution in [2.75, 3.05) is 20.0 Å². The quantitative estimate of drug-likeness (QED) is 0.473. The van der Waals surface area contributed by atoms with Gasteiger partial charge < -0.3 is 9.47 Å². The summed E-state index contributed by atoms with van der Waals surface area (Å²) in [6.45, 7) is 3.98. The number of amidine groups is 3. The number of benzene rings is 1. The van der Waals surface area contributed by atoms with Gasteiger partial charge in [-0.15, -0.1) is 0 Å². The van der Waals surface area contributed by atoms with Crippen LogP contribution >= 0.6 is 23.7 Å². The van der Waals surface area contributed by atoms with Gasteiger partial charge in [0.1, 0.15) is 12.4 Å². The number of amides is 1. The van der Waals surface area contributed by atoms with Gasteiger partial charge in [-0.2, -0.15) is 9.39 Å². The van der Waals surface area contributed by atoms with E-state index in [4.69, 9.17) is 14.9 Å². The highest BCUT2D eigenvalue weighted by atomic mass is 32.2. The number of thioether (sulfide) groups is 1. The first-order valence-electron chi connectivity index (χ1n) is 7.53. The Morgan fingerprint density at radius 3 is 2.92 bits per heavy atom. The SMILES string of the molecule is C=CCOc1ccc(C=C2C(=N)N3C(SC)=NSC3=NC2=O)cc1OC. The van der Waals surface area contributed by atoms with Crippen LogP contribution in [0.15, 0.2) is 45.8 Å². The zero-order chi connectivity index (χ0) is 18.7. The van der Waals surface area contributed by atoms with Crippen LogP contribution in [0.5, 0.6) is 11.5 Å². The van der Waals surface area contributed by atoms with Gasteiger partial charge in [0.05, 0.1) is 24.6 Å². The molecule has 2 heterocycles. The van der Waals surface area contributed by atoms with Crippen molar-refractivity contribution in [3.8, 4) is 11.5 Å². The molecule has 1 N–H and O–H groups in total. The molecule has 0 saturated heterocycles. The van der Waals surface area contributed by atoms with Crippen LogP contribution in [-0.4, -0.2) is 47.0 Å². The molecule has 3 rings (SSSR count). The largest absolute Gasteiger partial charge is 0.493 e. The molecule has 9 heteroatoms. The third-order valence-electron chi connectivity index (χ3n) is 3.53. The van der Waals surface area contributed by atoms with Crippen molar-refractivity contribution < 1.29 is 14.3 Å². The summed E-state index contributed by atoms with van der Waals surface area (Å²) < 4.78 is 15.1. The molecule has 0 saturated carbocycles. The van der Waals surface area contributed by atoms with Crippen LogP contribution in [0.2, 0.25) is 0 Å². The van der Waals surface area contributed by atoms with E-state index in [1.807, 2.05) is 6.26 Å². The summed E-state index contributed by atoms with van der Waals surface area (Å²) in [6, 6.07) is 5.28. The first-order valence-corrected chi connectivity index (χ1v) is 9.53. The Kier molecular flexibility index (Phi) is 5.48. The lowest BCUT2D eigenvalue weighted by Gasteiger charge is -2.23. The number of methoxy groups -OCH3 is 1. The summed E-state index contributed by atoms with van der Waals surface area (Å²) in [5.74, 6) is 0.706. The molecule has 7 nitrogen and oxygen atoms in total. The lowest BCUT2D eigenvalue weighted by Crippen LogP contribution is -2.41. The average Bonchev–Trinajstić information content (AvgIpc) is 3.06. The van der Waals surface area contributed by atoms with E-state index in [0.717, 1.165) is 11.9 Å². The average molecular weight is 388 g/mol. The molecule has 1 aromatic carbocycles. The predicted octanol–water partition coefficient (Wildman–Crippen LogP) is 3.20. The molecule has 0 radical (unpaired) electrons. The van der Waals surface area contributed by atoms with Crippen molar-refractivity contribution in [3.05, 3.63) is 42.0 Å². The maximum absolute atomic E-state index is 12.3.